The first-order chi connectivity index (χ1) is 13.5. The Balaban J connectivity index is 2.10. The molecule has 0 aliphatic heterocycles. The molecular weight excluding hydrogens is 357 g/mol. The van der Waals surface area contributed by atoms with Gasteiger partial charge in [0.1, 0.15) is 11.6 Å². The van der Waals surface area contributed by atoms with E-state index in [2.05, 4.69) is 16.6 Å². The zero-order valence-corrected chi connectivity index (χ0v) is 15.2. The van der Waals surface area contributed by atoms with Crippen LogP contribution in [0.1, 0.15) is 27.0 Å². The van der Waals surface area contributed by atoms with Crippen LogP contribution in [-0.4, -0.2) is 16.8 Å². The van der Waals surface area contributed by atoms with Crippen LogP contribution in [0, 0.1) is 12.7 Å². The van der Waals surface area contributed by atoms with Gasteiger partial charge in [0, 0.05) is 23.5 Å². The van der Waals surface area contributed by atoms with E-state index < -0.39 is 11.7 Å². The van der Waals surface area contributed by atoms with Crippen molar-refractivity contribution >= 4 is 17.5 Å². The highest BCUT2D eigenvalue weighted by Crippen LogP contribution is 2.23. The lowest BCUT2D eigenvalue weighted by molar-refractivity contribution is 0.0998. The smallest absolute Gasteiger partial charge is 0.252 e. The number of aryl methyl sites for hydroxylation is 1. The van der Waals surface area contributed by atoms with Gasteiger partial charge in [0.05, 0.1) is 11.3 Å². The van der Waals surface area contributed by atoms with E-state index >= 15 is 0 Å². The lowest BCUT2D eigenvalue weighted by Gasteiger charge is -2.14. The van der Waals surface area contributed by atoms with Crippen molar-refractivity contribution in [2.24, 2.45) is 10.7 Å². The highest BCUT2D eigenvalue weighted by atomic mass is 19.1. The average molecular weight is 375 g/mol. The lowest BCUT2D eigenvalue weighted by Crippen LogP contribution is -2.17. The molecule has 0 spiro atoms. The minimum atomic E-state index is -0.642. The Morgan fingerprint density at radius 3 is 2.64 bits per heavy atom. The highest BCUT2D eigenvalue weighted by Gasteiger charge is 2.16. The molecule has 5 nitrogen and oxygen atoms in total. The number of aliphatic imine (C=N–C) groups is 1. The van der Waals surface area contributed by atoms with E-state index in [-0.39, 0.29) is 17.2 Å². The number of ether oxygens (including phenoxy) is 1. The van der Waals surface area contributed by atoms with Crippen molar-refractivity contribution in [1.29, 1.82) is 0 Å². The number of aromatic nitrogens is 1. The van der Waals surface area contributed by atoms with Crippen LogP contribution in [0.5, 0.6) is 5.75 Å². The number of rotatable bonds is 5. The van der Waals surface area contributed by atoms with Crippen LogP contribution in [0.15, 0.2) is 78.6 Å². The number of nitrogens with zero attached hydrogens (tertiary/aromatic N) is 2. The second kappa shape index (κ2) is 8.26. The molecule has 6 heteroatoms. The third-order valence-corrected chi connectivity index (χ3v) is 4.02. The number of pyridine rings is 1. The summed E-state index contributed by atoms with van der Waals surface area (Å²) in [4.78, 5) is 20.2. The van der Waals surface area contributed by atoms with Crippen molar-refractivity contribution in [2.75, 3.05) is 0 Å². The zero-order valence-electron chi connectivity index (χ0n) is 15.2. The monoisotopic (exact) mass is 375 g/mol. The van der Waals surface area contributed by atoms with Gasteiger partial charge in [0.25, 0.3) is 5.91 Å². The van der Waals surface area contributed by atoms with E-state index in [0.717, 1.165) is 5.56 Å². The number of halogens is 1. The van der Waals surface area contributed by atoms with E-state index in [4.69, 9.17) is 10.5 Å². The Hall–Kier alpha value is -3.80. The number of nitrogens with two attached hydrogens (primary N) is 1. The topological polar surface area (TPSA) is 77.6 Å². The first-order valence-electron chi connectivity index (χ1n) is 8.47. The maximum Gasteiger partial charge on any atom is 0.252 e. The van der Waals surface area contributed by atoms with Crippen molar-refractivity contribution in [3.8, 4) is 5.75 Å². The van der Waals surface area contributed by atoms with E-state index in [1.54, 1.807) is 61.8 Å². The number of carbonyl (C=O) groups is 1. The summed E-state index contributed by atoms with van der Waals surface area (Å²) < 4.78 is 19.8. The van der Waals surface area contributed by atoms with Crippen molar-refractivity contribution in [2.45, 2.75) is 6.92 Å². The van der Waals surface area contributed by atoms with E-state index in [1.807, 2.05) is 0 Å². The van der Waals surface area contributed by atoms with Gasteiger partial charge in [0.15, 0.2) is 0 Å². The summed E-state index contributed by atoms with van der Waals surface area (Å²) in [5.74, 6) is -0.764. The van der Waals surface area contributed by atoms with Gasteiger partial charge in [-0.25, -0.2) is 9.38 Å². The molecule has 0 aliphatic carbocycles. The van der Waals surface area contributed by atoms with Crippen LogP contribution >= 0.6 is 0 Å². The third kappa shape index (κ3) is 4.29. The van der Waals surface area contributed by atoms with Crippen LogP contribution in [-0.2, 0) is 0 Å². The summed E-state index contributed by atoms with van der Waals surface area (Å²) in [6.07, 6.45) is 3.25. The fourth-order valence-corrected chi connectivity index (χ4v) is 2.55. The lowest BCUT2D eigenvalue weighted by atomic mass is 10.1. The molecule has 3 aromatic rings. The molecule has 1 amide bonds. The Morgan fingerprint density at radius 2 is 1.93 bits per heavy atom. The Labute approximate surface area is 162 Å². The second-order valence-corrected chi connectivity index (χ2v) is 6.03. The van der Waals surface area contributed by atoms with Gasteiger partial charge in [-0.2, -0.15) is 0 Å². The van der Waals surface area contributed by atoms with Gasteiger partial charge < -0.3 is 10.5 Å². The molecule has 28 heavy (non-hydrogen) atoms. The van der Waals surface area contributed by atoms with Crippen molar-refractivity contribution in [3.05, 3.63) is 102 Å². The maximum absolute atomic E-state index is 13.9. The van der Waals surface area contributed by atoms with Gasteiger partial charge in [-0.05, 0) is 48.9 Å². The Bertz CT molecular complexity index is 1060. The Kier molecular flexibility index (Phi) is 5.60. The molecule has 0 bridgehead atoms. The fourth-order valence-electron chi connectivity index (χ4n) is 2.55. The molecule has 0 radical (unpaired) electrons. The van der Waals surface area contributed by atoms with Crippen LogP contribution in [0.4, 0.5) is 4.39 Å². The normalized spacial score (nSPS) is 11.1. The molecule has 0 fully saturated rings. The fraction of sp³-hybridized carbons (Fsp3) is 0.0455. The zero-order chi connectivity index (χ0) is 20.1. The Morgan fingerprint density at radius 1 is 1.14 bits per heavy atom. The van der Waals surface area contributed by atoms with Gasteiger partial charge >= 0.3 is 0 Å². The van der Waals surface area contributed by atoms with Crippen LogP contribution in [0.2, 0.25) is 0 Å². The largest absolute Gasteiger partial charge is 0.438 e. The summed E-state index contributed by atoms with van der Waals surface area (Å²) >= 11 is 0. The number of primary amides is 1. The summed E-state index contributed by atoms with van der Waals surface area (Å²) in [5.41, 5.74) is 7.86. The third-order valence-electron chi connectivity index (χ3n) is 4.02. The average Bonchev–Trinajstić information content (AvgIpc) is 2.70. The van der Waals surface area contributed by atoms with Crippen molar-refractivity contribution < 1.29 is 13.9 Å². The quantitative estimate of drug-likeness (QED) is 0.538. The van der Waals surface area contributed by atoms with E-state index in [9.17, 15) is 9.18 Å². The molecule has 3 rings (SSSR count). The molecular formula is C22H18FN3O2. The summed E-state index contributed by atoms with van der Waals surface area (Å²) in [7, 11) is 0. The second-order valence-electron chi connectivity index (χ2n) is 6.03. The number of hydrogen-bond donors (Lipinski definition) is 1. The maximum atomic E-state index is 13.9. The first kappa shape index (κ1) is 19.0. The standard InChI is InChI=1S/C22H18FN3O2/c1-14-9-10-17(23)12-19(14)22(26-15(2)16-6-5-11-25-13-16)28-20-8-4-3-7-18(20)21(24)27/h3-13H,2H2,1H3,(H2,24,27). The minimum absolute atomic E-state index is 0.0968. The molecule has 1 heterocycles. The molecule has 2 N–H and O–H groups in total. The number of carbonyl (C=O) groups excluding carboxylic acids is 1. The molecule has 0 saturated heterocycles. The number of benzene rings is 2. The number of amides is 1. The summed E-state index contributed by atoms with van der Waals surface area (Å²) in [5, 5.41) is 0. The summed E-state index contributed by atoms with van der Waals surface area (Å²) in [6, 6.07) is 14.4. The summed E-state index contributed by atoms with van der Waals surface area (Å²) in [6.45, 7) is 5.75. The van der Waals surface area contributed by atoms with Crippen LogP contribution < -0.4 is 10.5 Å². The number of hydrogen-bond acceptors (Lipinski definition) is 4. The highest BCUT2D eigenvalue weighted by molar-refractivity contribution is 6.02. The molecule has 1 aromatic heterocycles. The molecule has 0 unspecified atom stereocenters. The minimum Gasteiger partial charge on any atom is -0.438 e. The van der Waals surface area contributed by atoms with Crippen LogP contribution in [0.3, 0.4) is 0 Å². The van der Waals surface area contributed by atoms with Gasteiger partial charge in [-0.15, -0.1) is 0 Å². The molecule has 0 saturated carbocycles. The SMILES string of the molecule is C=C(N=C(Oc1ccccc1C(N)=O)c1cc(F)ccc1C)c1cccnc1. The first-order valence-corrected chi connectivity index (χ1v) is 8.47. The van der Waals surface area contributed by atoms with E-state index in [1.165, 1.54) is 12.1 Å². The van der Waals surface area contributed by atoms with Crippen molar-refractivity contribution in [1.82, 2.24) is 4.98 Å². The van der Waals surface area contributed by atoms with Crippen LogP contribution in [0.25, 0.3) is 5.70 Å². The van der Waals surface area contributed by atoms with Gasteiger partial charge in [0.2, 0.25) is 5.90 Å². The van der Waals surface area contributed by atoms with E-state index in [0.29, 0.717) is 16.8 Å². The molecule has 2 aromatic carbocycles. The number of para-hydroxylation sites is 1. The molecule has 0 atom stereocenters. The van der Waals surface area contributed by atoms with Gasteiger partial charge in [-0.3, -0.25) is 9.78 Å². The van der Waals surface area contributed by atoms with Crippen molar-refractivity contribution in [3.63, 3.8) is 0 Å². The van der Waals surface area contributed by atoms with Gasteiger partial charge in [-0.1, -0.05) is 24.8 Å². The predicted octanol–water partition coefficient (Wildman–Crippen LogP) is 4.12. The predicted molar refractivity (Wildman–Crippen MR) is 107 cm³/mol. The molecule has 0 aliphatic rings. The molecule has 140 valence electrons.